The summed E-state index contributed by atoms with van der Waals surface area (Å²) in [6.07, 6.45) is -11.2. The maximum Gasteiger partial charge on any atom is 0.223 e. The zero-order valence-corrected chi connectivity index (χ0v) is 19.8. The van der Waals surface area contributed by atoms with E-state index in [1.54, 1.807) is 24.3 Å². The number of carbonyl (C=O) groups is 2. The van der Waals surface area contributed by atoms with Crippen molar-refractivity contribution < 1.29 is 54.1 Å². The number of hydrogen-bond acceptors (Lipinski definition) is 12. The Morgan fingerprint density at radius 3 is 1.92 bits per heavy atom. The lowest BCUT2D eigenvalue weighted by atomic mass is 9.94. The predicted molar refractivity (Wildman–Crippen MR) is 121 cm³/mol. The highest BCUT2D eigenvalue weighted by Gasteiger charge is 2.52. The molecule has 2 aliphatic rings. The van der Waals surface area contributed by atoms with Gasteiger partial charge >= 0.3 is 0 Å². The topological polar surface area (TPSA) is 222 Å². The van der Waals surface area contributed by atoms with E-state index in [2.05, 4.69) is 10.6 Å². The molecule has 0 saturated carbocycles. The number of nitrogen functional groups attached to an aromatic ring is 1. The molecule has 36 heavy (non-hydrogen) atoms. The lowest BCUT2D eigenvalue weighted by molar-refractivity contribution is -0.325. The second-order valence-electron chi connectivity index (χ2n) is 8.66. The van der Waals surface area contributed by atoms with Crippen LogP contribution in [0.3, 0.4) is 0 Å². The van der Waals surface area contributed by atoms with E-state index < -0.39 is 86.3 Å². The molecule has 0 spiro atoms. The highest BCUT2D eigenvalue weighted by atomic mass is 16.7. The number of ether oxygens (including phenoxy) is 4. The summed E-state index contributed by atoms with van der Waals surface area (Å²) in [5.41, 5.74) is 6.17. The average molecular weight is 516 g/mol. The Kier molecular flexibility index (Phi) is 9.43. The lowest BCUT2D eigenvalue weighted by Crippen LogP contribution is -2.69. The fraction of sp³-hybridized carbons (Fsp3) is 0.636. The van der Waals surface area contributed by atoms with Crippen LogP contribution >= 0.6 is 0 Å². The van der Waals surface area contributed by atoms with Crippen molar-refractivity contribution in [3.8, 4) is 5.75 Å². The Bertz CT molecular complexity index is 888. The number of carbonyl (C=O) groups excluding carboxylic acids is 2. The Hall–Kier alpha value is -2.56. The van der Waals surface area contributed by atoms with Crippen molar-refractivity contribution in [2.45, 2.75) is 75.1 Å². The van der Waals surface area contributed by atoms with Crippen LogP contribution in [0.4, 0.5) is 5.69 Å². The standard InChI is InChI=1S/C22H33N3O11/c1-9(28)24-15-18(31)17(30)13(7-26)34-22(15)36-20-14(8-27)35-21(16(19(20)32)25-10(2)29)33-12-5-3-11(23)4-6-12/h3-6,13-22,26-27,30-32H,7-8,23H2,1-2H3,(H,24,28)(H,25,29)/t13-,14-,15-,16-,17-,18-,19-,20-,21?,22+/m1/s1. The van der Waals surface area contributed by atoms with Crippen LogP contribution in [-0.4, -0.2) is 112 Å². The lowest BCUT2D eigenvalue weighted by Gasteiger charge is -2.48. The van der Waals surface area contributed by atoms with Gasteiger partial charge in [0.2, 0.25) is 18.1 Å². The third-order valence-corrected chi connectivity index (χ3v) is 5.90. The number of aliphatic hydroxyl groups is 5. The first-order valence-corrected chi connectivity index (χ1v) is 11.3. The molecule has 9 N–H and O–H groups in total. The number of hydrogen-bond donors (Lipinski definition) is 8. The van der Waals surface area contributed by atoms with Crippen molar-refractivity contribution in [3.05, 3.63) is 24.3 Å². The molecular weight excluding hydrogens is 482 g/mol. The minimum Gasteiger partial charge on any atom is -0.463 e. The molecule has 2 amide bonds. The zero-order chi connectivity index (χ0) is 26.6. The number of rotatable bonds is 8. The molecule has 2 heterocycles. The average Bonchev–Trinajstić information content (AvgIpc) is 2.83. The van der Waals surface area contributed by atoms with E-state index in [0.717, 1.165) is 0 Å². The molecule has 0 radical (unpaired) electrons. The number of benzene rings is 1. The van der Waals surface area contributed by atoms with Gasteiger partial charge in [0.1, 0.15) is 54.5 Å². The first-order valence-electron chi connectivity index (χ1n) is 11.3. The van der Waals surface area contributed by atoms with E-state index in [1.165, 1.54) is 13.8 Å². The van der Waals surface area contributed by atoms with Crippen LogP contribution in [0.5, 0.6) is 5.75 Å². The van der Waals surface area contributed by atoms with Gasteiger partial charge < -0.3 is 60.8 Å². The van der Waals surface area contributed by atoms with Crippen LogP contribution in [0.15, 0.2) is 24.3 Å². The van der Waals surface area contributed by atoms with E-state index in [9.17, 15) is 35.1 Å². The zero-order valence-electron chi connectivity index (χ0n) is 19.8. The first-order chi connectivity index (χ1) is 17.0. The van der Waals surface area contributed by atoms with Crippen molar-refractivity contribution in [3.63, 3.8) is 0 Å². The maximum atomic E-state index is 11.9. The summed E-state index contributed by atoms with van der Waals surface area (Å²) in [6, 6.07) is 3.80. The van der Waals surface area contributed by atoms with Gasteiger partial charge in [-0.15, -0.1) is 0 Å². The minimum atomic E-state index is -1.59. The van der Waals surface area contributed by atoms with Crippen LogP contribution in [0.2, 0.25) is 0 Å². The number of aliphatic hydroxyl groups excluding tert-OH is 5. The van der Waals surface area contributed by atoms with Gasteiger partial charge in [0.15, 0.2) is 6.29 Å². The number of nitrogens with two attached hydrogens (primary N) is 1. The van der Waals surface area contributed by atoms with E-state index >= 15 is 0 Å². The number of anilines is 1. The molecule has 1 aromatic carbocycles. The SMILES string of the molecule is CC(=O)N[C@H]1[C@H](O[C@H]2[C@H](O)[C@@H](NC(C)=O)C(Oc3ccc(N)cc3)O[C@@H]2CO)O[C@H](CO)[C@@H](O)[C@@H]1O. The molecule has 14 heteroatoms. The van der Waals surface area contributed by atoms with Crippen molar-refractivity contribution in [2.75, 3.05) is 18.9 Å². The normalized spacial score (nSPS) is 36.6. The van der Waals surface area contributed by atoms with Crippen LogP contribution < -0.4 is 21.1 Å². The van der Waals surface area contributed by atoms with Crippen LogP contribution in [0, 0.1) is 0 Å². The van der Waals surface area contributed by atoms with Crippen molar-refractivity contribution in [1.29, 1.82) is 0 Å². The summed E-state index contributed by atoms with van der Waals surface area (Å²) in [4.78, 5) is 23.6. The molecule has 1 aromatic rings. The minimum absolute atomic E-state index is 0.317. The molecule has 202 valence electrons. The monoisotopic (exact) mass is 515 g/mol. The van der Waals surface area contributed by atoms with E-state index in [0.29, 0.717) is 11.4 Å². The molecule has 3 rings (SSSR count). The molecule has 2 aliphatic heterocycles. The summed E-state index contributed by atoms with van der Waals surface area (Å²) in [7, 11) is 0. The molecule has 10 atom stereocenters. The summed E-state index contributed by atoms with van der Waals surface area (Å²) in [6.45, 7) is 1.07. The van der Waals surface area contributed by atoms with Crippen molar-refractivity contribution in [1.82, 2.24) is 10.6 Å². The Balaban J connectivity index is 1.86. The van der Waals surface area contributed by atoms with Gasteiger partial charge in [-0.25, -0.2) is 0 Å². The van der Waals surface area contributed by atoms with Gasteiger partial charge in [0, 0.05) is 19.5 Å². The maximum absolute atomic E-state index is 11.9. The van der Waals surface area contributed by atoms with Crippen LogP contribution in [0.1, 0.15) is 13.8 Å². The Morgan fingerprint density at radius 1 is 0.861 bits per heavy atom. The second-order valence-corrected chi connectivity index (χ2v) is 8.66. The summed E-state index contributed by atoms with van der Waals surface area (Å²) in [5, 5.41) is 56.4. The molecule has 2 saturated heterocycles. The van der Waals surface area contributed by atoms with E-state index in [1.807, 2.05) is 0 Å². The smallest absolute Gasteiger partial charge is 0.223 e. The molecule has 2 fully saturated rings. The highest BCUT2D eigenvalue weighted by molar-refractivity contribution is 5.73. The molecule has 1 unspecified atom stereocenters. The third-order valence-electron chi connectivity index (χ3n) is 5.90. The third kappa shape index (κ3) is 6.41. The predicted octanol–water partition coefficient (Wildman–Crippen LogP) is -3.44. The van der Waals surface area contributed by atoms with E-state index in [4.69, 9.17) is 24.7 Å². The fourth-order valence-electron chi connectivity index (χ4n) is 4.15. The van der Waals surface area contributed by atoms with Crippen molar-refractivity contribution in [2.24, 2.45) is 0 Å². The van der Waals surface area contributed by atoms with Gasteiger partial charge in [-0.3, -0.25) is 9.59 Å². The van der Waals surface area contributed by atoms with Gasteiger partial charge in [-0.2, -0.15) is 0 Å². The molecule has 0 bridgehead atoms. The number of nitrogens with one attached hydrogen (secondary N) is 2. The summed E-state index contributed by atoms with van der Waals surface area (Å²) < 4.78 is 23.0. The molecule has 14 nitrogen and oxygen atoms in total. The van der Waals surface area contributed by atoms with Crippen LogP contribution in [-0.2, 0) is 23.8 Å². The quantitative estimate of drug-likeness (QED) is 0.158. The summed E-state index contributed by atoms with van der Waals surface area (Å²) in [5.74, 6) is -0.770. The first kappa shape index (κ1) is 28.0. The fourth-order valence-corrected chi connectivity index (χ4v) is 4.15. The van der Waals surface area contributed by atoms with Gasteiger partial charge in [0.25, 0.3) is 0 Å². The molecular formula is C22H33N3O11. The highest BCUT2D eigenvalue weighted by Crippen LogP contribution is 2.30. The van der Waals surface area contributed by atoms with Gasteiger partial charge in [-0.05, 0) is 24.3 Å². The second kappa shape index (κ2) is 12.1. The molecule has 0 aromatic heterocycles. The van der Waals surface area contributed by atoms with Crippen molar-refractivity contribution >= 4 is 17.5 Å². The Labute approximate surface area is 206 Å². The largest absolute Gasteiger partial charge is 0.463 e. The van der Waals surface area contributed by atoms with E-state index in [-0.39, 0.29) is 0 Å². The number of amides is 2. The van der Waals surface area contributed by atoms with Crippen LogP contribution in [0.25, 0.3) is 0 Å². The van der Waals surface area contributed by atoms with Gasteiger partial charge in [0.05, 0.1) is 13.2 Å². The summed E-state index contributed by atoms with van der Waals surface area (Å²) >= 11 is 0. The Morgan fingerprint density at radius 2 is 1.39 bits per heavy atom. The molecule has 0 aliphatic carbocycles. The van der Waals surface area contributed by atoms with Gasteiger partial charge in [-0.1, -0.05) is 0 Å².